The van der Waals surface area contributed by atoms with Gasteiger partial charge in [0.15, 0.2) is 0 Å². The molecule has 2 aromatic rings. The summed E-state index contributed by atoms with van der Waals surface area (Å²) >= 11 is 0. The normalized spacial score (nSPS) is 15.4. The van der Waals surface area contributed by atoms with E-state index in [1.54, 1.807) is 36.4 Å². The van der Waals surface area contributed by atoms with Gasteiger partial charge in [0.1, 0.15) is 0 Å². The van der Waals surface area contributed by atoms with Gasteiger partial charge in [0.25, 0.3) is 0 Å². The zero-order valence-corrected chi connectivity index (χ0v) is 12.1. The van der Waals surface area contributed by atoms with E-state index in [1.165, 1.54) is 30.3 Å². The lowest BCUT2D eigenvalue weighted by Crippen LogP contribution is -2.54. The van der Waals surface area contributed by atoms with Gasteiger partial charge in [-0.3, -0.25) is 5.32 Å². The van der Waals surface area contributed by atoms with Crippen LogP contribution in [-0.4, -0.2) is 17.9 Å². The molecule has 3 nitrogen and oxygen atoms in total. The lowest BCUT2D eigenvalue weighted by atomic mass is 9.88. The number of hydrogen-bond donors (Lipinski definition) is 2. The molecular weight excluding hydrogens is 305 g/mol. The van der Waals surface area contributed by atoms with Crippen molar-refractivity contribution >= 4 is 0 Å². The van der Waals surface area contributed by atoms with Crippen LogP contribution in [0.2, 0.25) is 0 Å². The fourth-order valence-corrected chi connectivity index (χ4v) is 2.36. The largest absolute Gasteiger partial charge is 0.424 e. The van der Waals surface area contributed by atoms with E-state index in [9.17, 15) is 23.5 Å². The van der Waals surface area contributed by atoms with Crippen LogP contribution in [0.15, 0.2) is 60.7 Å². The van der Waals surface area contributed by atoms with Crippen molar-refractivity contribution in [2.75, 3.05) is 6.61 Å². The van der Waals surface area contributed by atoms with Crippen molar-refractivity contribution in [2.45, 2.75) is 17.8 Å². The van der Waals surface area contributed by atoms with Crippen molar-refractivity contribution in [1.82, 2.24) is 5.32 Å². The number of aliphatic hydroxyl groups is 1. The van der Waals surface area contributed by atoms with E-state index < -0.39 is 24.4 Å². The van der Waals surface area contributed by atoms with Crippen LogP contribution in [0.4, 0.5) is 13.2 Å². The van der Waals surface area contributed by atoms with Crippen LogP contribution in [0, 0.1) is 11.3 Å². The fourth-order valence-electron chi connectivity index (χ4n) is 2.36. The third-order valence-electron chi connectivity index (χ3n) is 3.57. The predicted octanol–water partition coefficient (Wildman–Crippen LogP) is 3.29. The van der Waals surface area contributed by atoms with Gasteiger partial charge in [-0.1, -0.05) is 60.7 Å². The molecule has 2 N–H and O–H groups in total. The number of halogens is 3. The minimum atomic E-state index is -4.86. The highest BCUT2D eigenvalue weighted by Crippen LogP contribution is 2.40. The molecule has 0 radical (unpaired) electrons. The molecule has 0 aliphatic rings. The summed E-state index contributed by atoms with van der Waals surface area (Å²) in [5, 5.41) is 21.2. The molecule has 2 rings (SSSR count). The van der Waals surface area contributed by atoms with Gasteiger partial charge in [-0.2, -0.15) is 18.4 Å². The Balaban J connectivity index is 2.49. The standard InChI is InChI=1S/C17H15F3N2O/c18-17(19,20)16(12-21,14-9-5-2-6-10-14)22-15(11-23)13-7-3-1-4-8-13/h1-10,15,22-23H,11H2/t15-,16-/m0/s1. The average Bonchev–Trinajstić information content (AvgIpc) is 2.57. The van der Waals surface area contributed by atoms with Gasteiger partial charge >= 0.3 is 6.18 Å². The number of aliphatic hydroxyl groups excluding tert-OH is 1. The minimum Gasteiger partial charge on any atom is -0.394 e. The van der Waals surface area contributed by atoms with Crippen LogP contribution >= 0.6 is 0 Å². The molecule has 0 aliphatic carbocycles. The third-order valence-corrected chi connectivity index (χ3v) is 3.57. The highest BCUT2D eigenvalue weighted by Gasteiger charge is 2.57. The van der Waals surface area contributed by atoms with E-state index >= 15 is 0 Å². The third kappa shape index (κ3) is 3.36. The highest BCUT2D eigenvalue weighted by atomic mass is 19.4. The molecule has 120 valence electrons. The SMILES string of the molecule is N#C[C@](N[C@@H](CO)c1ccccc1)(c1ccccc1)C(F)(F)F. The van der Waals surface area contributed by atoms with E-state index in [1.807, 2.05) is 0 Å². The second kappa shape index (κ2) is 6.82. The molecule has 6 heteroatoms. The lowest BCUT2D eigenvalue weighted by Gasteiger charge is -2.34. The molecule has 23 heavy (non-hydrogen) atoms. The molecular formula is C17H15F3N2O. The monoisotopic (exact) mass is 320 g/mol. The fraction of sp³-hybridized carbons (Fsp3) is 0.235. The molecule has 0 fully saturated rings. The van der Waals surface area contributed by atoms with Crippen molar-refractivity contribution < 1.29 is 18.3 Å². The maximum absolute atomic E-state index is 13.7. The van der Waals surface area contributed by atoms with E-state index in [-0.39, 0.29) is 5.56 Å². The van der Waals surface area contributed by atoms with Crippen molar-refractivity contribution in [3.05, 3.63) is 71.8 Å². The number of hydrogen-bond acceptors (Lipinski definition) is 3. The van der Waals surface area contributed by atoms with E-state index in [0.29, 0.717) is 5.56 Å². The number of nitrogens with one attached hydrogen (secondary N) is 1. The smallest absolute Gasteiger partial charge is 0.394 e. The first kappa shape index (κ1) is 17.0. The molecule has 0 amide bonds. The van der Waals surface area contributed by atoms with E-state index in [4.69, 9.17) is 0 Å². The second-order valence-electron chi connectivity index (χ2n) is 5.02. The quantitative estimate of drug-likeness (QED) is 0.889. The Morgan fingerprint density at radius 1 is 1.00 bits per heavy atom. The van der Waals surface area contributed by atoms with E-state index in [0.717, 1.165) is 0 Å². The molecule has 0 bridgehead atoms. The molecule has 0 saturated carbocycles. The van der Waals surface area contributed by atoms with Gasteiger partial charge in [-0.25, -0.2) is 0 Å². The Morgan fingerprint density at radius 2 is 1.52 bits per heavy atom. The zero-order chi connectivity index (χ0) is 16.9. The Hall–Kier alpha value is -2.36. The van der Waals surface area contributed by atoms with Crippen LogP contribution in [0.5, 0.6) is 0 Å². The van der Waals surface area contributed by atoms with Crippen LogP contribution in [0.25, 0.3) is 0 Å². The Kier molecular flexibility index (Phi) is 5.04. The number of alkyl halides is 3. The van der Waals surface area contributed by atoms with Gasteiger partial charge in [0.2, 0.25) is 5.54 Å². The van der Waals surface area contributed by atoms with Crippen LogP contribution in [0.3, 0.4) is 0 Å². The average molecular weight is 320 g/mol. The molecule has 0 heterocycles. The Labute approximate surface area is 132 Å². The molecule has 0 spiro atoms. The number of nitrogens with zero attached hydrogens (tertiary/aromatic N) is 1. The lowest BCUT2D eigenvalue weighted by molar-refractivity contribution is -0.185. The van der Waals surface area contributed by atoms with Crippen molar-refractivity contribution in [3.63, 3.8) is 0 Å². The zero-order valence-electron chi connectivity index (χ0n) is 12.1. The highest BCUT2D eigenvalue weighted by molar-refractivity contribution is 5.35. The van der Waals surface area contributed by atoms with Gasteiger partial charge in [0.05, 0.1) is 18.7 Å². The van der Waals surface area contributed by atoms with Crippen LogP contribution < -0.4 is 5.32 Å². The predicted molar refractivity (Wildman–Crippen MR) is 79.2 cm³/mol. The molecule has 0 saturated heterocycles. The number of benzene rings is 2. The molecule has 2 atom stereocenters. The molecule has 0 aliphatic heterocycles. The topological polar surface area (TPSA) is 56.0 Å². The summed E-state index contributed by atoms with van der Waals surface area (Å²) in [5.41, 5.74) is -2.66. The van der Waals surface area contributed by atoms with Gasteiger partial charge < -0.3 is 5.11 Å². The van der Waals surface area contributed by atoms with Gasteiger partial charge in [0, 0.05) is 0 Å². The summed E-state index contributed by atoms with van der Waals surface area (Å²) in [6, 6.07) is 15.5. The van der Waals surface area contributed by atoms with Crippen molar-refractivity contribution in [2.24, 2.45) is 0 Å². The maximum atomic E-state index is 13.7. The molecule has 2 aromatic carbocycles. The maximum Gasteiger partial charge on any atom is 0.424 e. The number of nitriles is 1. The van der Waals surface area contributed by atoms with Gasteiger partial charge in [-0.15, -0.1) is 0 Å². The molecule has 0 unspecified atom stereocenters. The van der Waals surface area contributed by atoms with Crippen molar-refractivity contribution in [1.29, 1.82) is 5.26 Å². The Bertz CT molecular complexity index is 668. The first-order valence-corrected chi connectivity index (χ1v) is 6.91. The summed E-state index contributed by atoms with van der Waals surface area (Å²) in [4.78, 5) is 0. The number of rotatable bonds is 5. The van der Waals surface area contributed by atoms with Crippen LogP contribution in [0.1, 0.15) is 17.2 Å². The van der Waals surface area contributed by atoms with Crippen LogP contribution in [-0.2, 0) is 5.54 Å². The first-order valence-electron chi connectivity index (χ1n) is 6.91. The first-order chi connectivity index (χ1) is 10.9. The summed E-state index contributed by atoms with van der Waals surface area (Å²) in [5.74, 6) is 0. The van der Waals surface area contributed by atoms with Gasteiger partial charge in [-0.05, 0) is 11.1 Å². The summed E-state index contributed by atoms with van der Waals surface area (Å²) < 4.78 is 41.1. The van der Waals surface area contributed by atoms with E-state index in [2.05, 4.69) is 5.32 Å². The molecule has 0 aromatic heterocycles. The summed E-state index contributed by atoms with van der Waals surface area (Å²) in [7, 11) is 0. The summed E-state index contributed by atoms with van der Waals surface area (Å²) in [6.45, 7) is -0.573. The second-order valence-corrected chi connectivity index (χ2v) is 5.02. The Morgan fingerprint density at radius 3 is 1.96 bits per heavy atom. The minimum absolute atomic E-state index is 0.218. The van der Waals surface area contributed by atoms with Crippen molar-refractivity contribution in [3.8, 4) is 6.07 Å². The summed E-state index contributed by atoms with van der Waals surface area (Å²) in [6.07, 6.45) is -4.86.